The van der Waals surface area contributed by atoms with Gasteiger partial charge in [0.25, 0.3) is 0 Å². The average molecular weight is 265 g/mol. The third kappa shape index (κ3) is 4.54. The Kier molecular flexibility index (Phi) is 6.32. The summed E-state index contributed by atoms with van der Waals surface area (Å²) in [6.45, 7) is 5.45. The van der Waals surface area contributed by atoms with E-state index in [0.29, 0.717) is 24.3 Å². The van der Waals surface area contributed by atoms with E-state index >= 15 is 0 Å². The van der Waals surface area contributed by atoms with Crippen LogP contribution in [0.25, 0.3) is 0 Å². The number of nitrogens with zero attached hydrogens (tertiary/aromatic N) is 1. The summed E-state index contributed by atoms with van der Waals surface area (Å²) in [5.74, 6) is -0.0855. The van der Waals surface area contributed by atoms with Gasteiger partial charge in [0, 0.05) is 13.2 Å². The van der Waals surface area contributed by atoms with Gasteiger partial charge in [-0.15, -0.1) is 0 Å². The molecular weight excluding hydrogens is 242 g/mol. The summed E-state index contributed by atoms with van der Waals surface area (Å²) in [6, 6.07) is 6.94. The van der Waals surface area contributed by atoms with E-state index in [1.165, 1.54) is 0 Å². The van der Waals surface area contributed by atoms with Crippen LogP contribution < -0.4 is 11.1 Å². The molecule has 1 amide bonds. The van der Waals surface area contributed by atoms with Crippen molar-refractivity contribution in [3.63, 3.8) is 0 Å². The fraction of sp³-hybridized carbons (Fsp3) is 0.500. The monoisotopic (exact) mass is 265 g/mol. The standard InChI is InChI=1S/C14H23N3O2/c1-3-17(9-6-10-18)11(2)14(19)16-13-8-5-4-7-12(13)15/h4-5,7-8,11,18H,3,6,9-10,15H2,1-2H3,(H,16,19). The van der Waals surface area contributed by atoms with Crippen molar-refractivity contribution >= 4 is 17.3 Å². The Morgan fingerprint density at radius 1 is 1.47 bits per heavy atom. The molecule has 0 heterocycles. The fourth-order valence-electron chi connectivity index (χ4n) is 1.91. The van der Waals surface area contributed by atoms with Gasteiger partial charge in [0.05, 0.1) is 17.4 Å². The fourth-order valence-corrected chi connectivity index (χ4v) is 1.91. The predicted octanol–water partition coefficient (Wildman–Crippen LogP) is 1.30. The van der Waals surface area contributed by atoms with Crippen molar-refractivity contribution in [3.05, 3.63) is 24.3 Å². The second-order valence-corrected chi connectivity index (χ2v) is 4.46. The molecule has 1 aromatic carbocycles. The highest BCUT2D eigenvalue weighted by Crippen LogP contribution is 2.17. The molecule has 0 saturated carbocycles. The Bertz CT molecular complexity index is 409. The van der Waals surface area contributed by atoms with E-state index in [9.17, 15) is 4.79 Å². The first-order valence-electron chi connectivity index (χ1n) is 6.60. The van der Waals surface area contributed by atoms with E-state index in [0.717, 1.165) is 6.54 Å². The molecule has 5 nitrogen and oxygen atoms in total. The molecule has 0 aliphatic heterocycles. The number of carbonyl (C=O) groups is 1. The van der Waals surface area contributed by atoms with Crippen molar-refractivity contribution in [2.45, 2.75) is 26.3 Å². The Balaban J connectivity index is 2.63. The maximum atomic E-state index is 12.2. The van der Waals surface area contributed by atoms with E-state index in [1.54, 1.807) is 12.1 Å². The summed E-state index contributed by atoms with van der Waals surface area (Å²) in [5.41, 5.74) is 6.99. The van der Waals surface area contributed by atoms with Gasteiger partial charge in [-0.25, -0.2) is 0 Å². The smallest absolute Gasteiger partial charge is 0.241 e. The third-order valence-electron chi connectivity index (χ3n) is 3.16. The van der Waals surface area contributed by atoms with Gasteiger partial charge in [-0.2, -0.15) is 0 Å². The number of benzene rings is 1. The summed E-state index contributed by atoms with van der Waals surface area (Å²) < 4.78 is 0. The second-order valence-electron chi connectivity index (χ2n) is 4.46. The normalized spacial score (nSPS) is 12.4. The summed E-state index contributed by atoms with van der Waals surface area (Å²) in [7, 11) is 0. The quantitative estimate of drug-likeness (QED) is 0.649. The first kappa shape index (κ1) is 15.5. The Labute approximate surface area is 114 Å². The van der Waals surface area contributed by atoms with Gasteiger partial charge in [0.2, 0.25) is 5.91 Å². The molecule has 0 radical (unpaired) electrons. The highest BCUT2D eigenvalue weighted by Gasteiger charge is 2.20. The highest BCUT2D eigenvalue weighted by molar-refractivity contribution is 5.97. The van der Waals surface area contributed by atoms with E-state index in [4.69, 9.17) is 10.8 Å². The molecule has 0 spiro atoms. The first-order valence-corrected chi connectivity index (χ1v) is 6.60. The molecule has 1 atom stereocenters. The number of carbonyl (C=O) groups excluding carboxylic acids is 1. The number of nitrogens with two attached hydrogens (primary N) is 1. The lowest BCUT2D eigenvalue weighted by Crippen LogP contribution is -2.42. The minimum absolute atomic E-state index is 0.0855. The molecule has 5 heteroatoms. The van der Waals surface area contributed by atoms with Crippen molar-refractivity contribution in [1.29, 1.82) is 0 Å². The number of likely N-dealkylation sites (N-methyl/N-ethyl adjacent to an activating group) is 1. The Hall–Kier alpha value is -1.59. The Morgan fingerprint density at radius 2 is 2.16 bits per heavy atom. The molecule has 19 heavy (non-hydrogen) atoms. The SMILES string of the molecule is CCN(CCCO)C(C)C(=O)Nc1ccccc1N. The van der Waals surface area contributed by atoms with Crippen LogP contribution in [-0.4, -0.2) is 41.7 Å². The number of amides is 1. The van der Waals surface area contributed by atoms with Crippen LogP contribution in [0.4, 0.5) is 11.4 Å². The van der Waals surface area contributed by atoms with Crippen molar-refractivity contribution < 1.29 is 9.90 Å². The van der Waals surface area contributed by atoms with Crippen LogP contribution in [0.3, 0.4) is 0 Å². The predicted molar refractivity (Wildman–Crippen MR) is 77.9 cm³/mol. The highest BCUT2D eigenvalue weighted by atomic mass is 16.3. The molecule has 1 aromatic rings. The summed E-state index contributed by atoms with van der Waals surface area (Å²) in [6.07, 6.45) is 0.666. The lowest BCUT2D eigenvalue weighted by atomic mass is 10.2. The van der Waals surface area contributed by atoms with Crippen LogP contribution >= 0.6 is 0 Å². The number of nitrogens with one attached hydrogen (secondary N) is 1. The van der Waals surface area contributed by atoms with Crippen LogP contribution in [0.5, 0.6) is 0 Å². The maximum Gasteiger partial charge on any atom is 0.241 e. The number of nitrogen functional groups attached to an aromatic ring is 1. The number of anilines is 2. The lowest BCUT2D eigenvalue weighted by Gasteiger charge is -2.26. The number of hydrogen-bond acceptors (Lipinski definition) is 4. The van der Waals surface area contributed by atoms with Gasteiger partial charge in [-0.05, 0) is 32.0 Å². The van der Waals surface area contributed by atoms with E-state index in [1.807, 2.05) is 30.9 Å². The number of para-hydroxylation sites is 2. The molecular formula is C14H23N3O2. The van der Waals surface area contributed by atoms with Crippen molar-refractivity contribution in [2.24, 2.45) is 0 Å². The molecule has 0 aliphatic carbocycles. The minimum Gasteiger partial charge on any atom is -0.397 e. The number of aliphatic hydroxyl groups is 1. The molecule has 1 unspecified atom stereocenters. The van der Waals surface area contributed by atoms with Crippen molar-refractivity contribution in [1.82, 2.24) is 4.90 Å². The van der Waals surface area contributed by atoms with E-state index < -0.39 is 0 Å². The maximum absolute atomic E-state index is 12.2. The van der Waals surface area contributed by atoms with Gasteiger partial charge in [-0.3, -0.25) is 9.69 Å². The third-order valence-corrected chi connectivity index (χ3v) is 3.16. The molecule has 0 aromatic heterocycles. The number of hydrogen-bond donors (Lipinski definition) is 3. The van der Waals surface area contributed by atoms with Crippen molar-refractivity contribution in [2.75, 3.05) is 30.7 Å². The van der Waals surface area contributed by atoms with E-state index in [-0.39, 0.29) is 18.6 Å². The number of aliphatic hydroxyl groups excluding tert-OH is 1. The largest absolute Gasteiger partial charge is 0.397 e. The van der Waals surface area contributed by atoms with Crippen LogP contribution in [-0.2, 0) is 4.79 Å². The molecule has 4 N–H and O–H groups in total. The van der Waals surface area contributed by atoms with Gasteiger partial charge in [0.15, 0.2) is 0 Å². The minimum atomic E-state index is -0.254. The van der Waals surface area contributed by atoms with Gasteiger partial charge >= 0.3 is 0 Å². The zero-order chi connectivity index (χ0) is 14.3. The molecule has 0 saturated heterocycles. The molecule has 0 bridgehead atoms. The second kappa shape index (κ2) is 7.76. The summed E-state index contributed by atoms with van der Waals surface area (Å²) >= 11 is 0. The topological polar surface area (TPSA) is 78.6 Å². The average Bonchev–Trinajstić information content (AvgIpc) is 2.42. The van der Waals surface area contributed by atoms with Crippen LogP contribution in [0, 0.1) is 0 Å². The van der Waals surface area contributed by atoms with Gasteiger partial charge in [-0.1, -0.05) is 19.1 Å². The molecule has 0 fully saturated rings. The zero-order valence-corrected chi connectivity index (χ0v) is 11.6. The molecule has 0 aliphatic rings. The summed E-state index contributed by atoms with van der Waals surface area (Å²) in [5, 5.41) is 11.7. The molecule has 1 rings (SSSR count). The van der Waals surface area contributed by atoms with Gasteiger partial charge < -0.3 is 16.2 Å². The lowest BCUT2D eigenvalue weighted by molar-refractivity contribution is -0.120. The van der Waals surface area contributed by atoms with Crippen LogP contribution in [0.2, 0.25) is 0 Å². The van der Waals surface area contributed by atoms with Crippen molar-refractivity contribution in [3.8, 4) is 0 Å². The Morgan fingerprint density at radius 3 is 2.74 bits per heavy atom. The van der Waals surface area contributed by atoms with Crippen LogP contribution in [0.15, 0.2) is 24.3 Å². The first-order chi connectivity index (χ1) is 9.10. The van der Waals surface area contributed by atoms with Crippen LogP contribution in [0.1, 0.15) is 20.3 Å². The summed E-state index contributed by atoms with van der Waals surface area (Å²) in [4.78, 5) is 14.2. The zero-order valence-electron chi connectivity index (χ0n) is 11.6. The molecule has 106 valence electrons. The number of rotatable bonds is 7. The van der Waals surface area contributed by atoms with E-state index in [2.05, 4.69) is 5.32 Å². The van der Waals surface area contributed by atoms with Gasteiger partial charge in [0.1, 0.15) is 0 Å².